The summed E-state index contributed by atoms with van der Waals surface area (Å²) >= 11 is 0. The van der Waals surface area contributed by atoms with Crippen molar-refractivity contribution in [1.29, 1.82) is 5.26 Å². The van der Waals surface area contributed by atoms with Crippen LogP contribution in [0.2, 0.25) is 0 Å². The van der Waals surface area contributed by atoms with E-state index in [2.05, 4.69) is 5.10 Å². The molecule has 22 heavy (non-hydrogen) atoms. The molecule has 1 aromatic carbocycles. The summed E-state index contributed by atoms with van der Waals surface area (Å²) in [5, 5.41) is 13.3. The molecule has 1 heterocycles. The first-order valence-corrected chi connectivity index (χ1v) is 6.81. The van der Waals surface area contributed by atoms with Crippen LogP contribution in [0.25, 0.3) is 11.3 Å². The van der Waals surface area contributed by atoms with Crippen LogP contribution < -0.4 is 10.3 Å². The van der Waals surface area contributed by atoms with Crippen LogP contribution >= 0.6 is 0 Å². The van der Waals surface area contributed by atoms with Crippen LogP contribution in [0.1, 0.15) is 5.56 Å². The zero-order valence-electron chi connectivity index (χ0n) is 12.6. The van der Waals surface area contributed by atoms with Gasteiger partial charge in [0, 0.05) is 18.2 Å². The molecule has 114 valence electrons. The molecule has 1 aromatic heterocycles. The highest BCUT2D eigenvalue weighted by Crippen LogP contribution is 2.27. The number of ether oxygens (including phenoxy) is 2. The van der Waals surface area contributed by atoms with Gasteiger partial charge in [-0.2, -0.15) is 10.4 Å². The fourth-order valence-electron chi connectivity index (χ4n) is 2.13. The van der Waals surface area contributed by atoms with Crippen LogP contribution in [0.15, 0.2) is 35.1 Å². The molecule has 6 nitrogen and oxygen atoms in total. The number of aromatic nitrogens is 2. The average Bonchev–Trinajstić information content (AvgIpc) is 2.55. The first-order chi connectivity index (χ1) is 10.7. The number of nitriles is 1. The third-order valence-electron chi connectivity index (χ3n) is 3.21. The van der Waals surface area contributed by atoms with E-state index in [-0.39, 0.29) is 12.0 Å². The van der Waals surface area contributed by atoms with Gasteiger partial charge in [0.2, 0.25) is 0 Å². The van der Waals surface area contributed by atoms with E-state index < -0.39 is 0 Å². The summed E-state index contributed by atoms with van der Waals surface area (Å²) < 4.78 is 11.7. The Morgan fingerprint density at radius 1 is 1.32 bits per heavy atom. The number of methoxy groups -OCH3 is 2. The SMILES string of the molecule is COCCn1nc(-c2ccccc2OC)cc(CC#N)c1=O. The van der Waals surface area contributed by atoms with E-state index in [1.807, 2.05) is 30.3 Å². The van der Waals surface area contributed by atoms with Crippen molar-refractivity contribution in [2.75, 3.05) is 20.8 Å². The van der Waals surface area contributed by atoms with Crippen LogP contribution in [0.5, 0.6) is 5.75 Å². The second kappa shape index (κ2) is 7.38. The van der Waals surface area contributed by atoms with E-state index in [9.17, 15) is 4.79 Å². The summed E-state index contributed by atoms with van der Waals surface area (Å²) in [5.41, 5.74) is 1.51. The summed E-state index contributed by atoms with van der Waals surface area (Å²) in [6.07, 6.45) is 0.0382. The quantitative estimate of drug-likeness (QED) is 0.810. The van der Waals surface area contributed by atoms with E-state index >= 15 is 0 Å². The van der Waals surface area contributed by atoms with E-state index in [0.29, 0.717) is 30.2 Å². The first-order valence-electron chi connectivity index (χ1n) is 6.81. The molecule has 0 atom stereocenters. The zero-order valence-corrected chi connectivity index (χ0v) is 12.6. The maximum absolute atomic E-state index is 12.3. The Kier molecular flexibility index (Phi) is 5.28. The first kappa shape index (κ1) is 15.7. The van der Waals surface area contributed by atoms with Gasteiger partial charge >= 0.3 is 0 Å². The molecule has 0 aliphatic rings. The molecule has 0 amide bonds. The predicted octanol–water partition coefficient (Wildman–Crippen LogP) is 1.63. The minimum absolute atomic E-state index is 0.0382. The van der Waals surface area contributed by atoms with Gasteiger partial charge in [-0.1, -0.05) is 12.1 Å². The number of rotatable bonds is 6. The molecule has 2 aromatic rings. The molecule has 0 saturated heterocycles. The minimum Gasteiger partial charge on any atom is -0.496 e. The fourth-order valence-corrected chi connectivity index (χ4v) is 2.13. The van der Waals surface area contributed by atoms with Gasteiger partial charge in [-0.15, -0.1) is 0 Å². The molecule has 0 fully saturated rings. The van der Waals surface area contributed by atoms with Crippen molar-refractivity contribution in [2.45, 2.75) is 13.0 Å². The number of nitrogens with zero attached hydrogens (tertiary/aromatic N) is 3. The highest BCUT2D eigenvalue weighted by Gasteiger charge is 2.12. The van der Waals surface area contributed by atoms with Crippen LogP contribution in [0, 0.1) is 11.3 Å². The Bertz CT molecular complexity index is 747. The van der Waals surface area contributed by atoms with Crippen LogP contribution in [-0.4, -0.2) is 30.6 Å². The van der Waals surface area contributed by atoms with Crippen molar-refractivity contribution >= 4 is 0 Å². The molecular weight excluding hydrogens is 282 g/mol. The van der Waals surface area contributed by atoms with Gasteiger partial charge in [0.15, 0.2) is 0 Å². The van der Waals surface area contributed by atoms with E-state index in [1.54, 1.807) is 20.3 Å². The maximum atomic E-state index is 12.3. The van der Waals surface area contributed by atoms with Gasteiger partial charge in [-0.05, 0) is 18.2 Å². The van der Waals surface area contributed by atoms with E-state index in [1.165, 1.54) is 4.68 Å². The minimum atomic E-state index is -0.266. The van der Waals surface area contributed by atoms with Crippen molar-refractivity contribution in [3.05, 3.63) is 46.2 Å². The third kappa shape index (κ3) is 3.32. The van der Waals surface area contributed by atoms with Crippen LogP contribution in [0.3, 0.4) is 0 Å². The van der Waals surface area contributed by atoms with Gasteiger partial charge in [-0.3, -0.25) is 4.79 Å². The Labute approximate surface area is 128 Å². The third-order valence-corrected chi connectivity index (χ3v) is 3.21. The zero-order chi connectivity index (χ0) is 15.9. The molecular formula is C16H17N3O3. The molecule has 2 rings (SSSR count). The topological polar surface area (TPSA) is 77.1 Å². The van der Waals surface area contributed by atoms with Gasteiger partial charge in [0.25, 0.3) is 5.56 Å². The summed E-state index contributed by atoms with van der Waals surface area (Å²) in [6.45, 7) is 0.699. The second-order valence-electron chi connectivity index (χ2n) is 4.61. The molecule has 0 aliphatic heterocycles. The molecule has 0 saturated carbocycles. The normalized spacial score (nSPS) is 10.2. The molecule has 0 aliphatic carbocycles. The fraction of sp³-hybridized carbons (Fsp3) is 0.312. The van der Waals surface area contributed by atoms with Gasteiger partial charge < -0.3 is 9.47 Å². The molecule has 0 unspecified atom stereocenters. The smallest absolute Gasteiger partial charge is 0.271 e. The predicted molar refractivity (Wildman–Crippen MR) is 81.7 cm³/mol. The number of hydrogen-bond donors (Lipinski definition) is 0. The lowest BCUT2D eigenvalue weighted by molar-refractivity contribution is 0.182. The summed E-state index contributed by atoms with van der Waals surface area (Å²) in [5.74, 6) is 0.662. The van der Waals surface area contributed by atoms with Crippen LogP contribution in [-0.2, 0) is 17.7 Å². The van der Waals surface area contributed by atoms with Crippen molar-refractivity contribution in [2.24, 2.45) is 0 Å². The standard InChI is InChI=1S/C16H17N3O3/c1-21-10-9-19-16(20)12(7-8-17)11-14(18-19)13-5-3-4-6-15(13)22-2/h3-6,11H,7,9-10H2,1-2H3. The molecule has 0 N–H and O–H groups in total. The van der Waals surface area contributed by atoms with Crippen molar-refractivity contribution in [3.63, 3.8) is 0 Å². The number of benzene rings is 1. The van der Waals surface area contributed by atoms with Crippen molar-refractivity contribution in [3.8, 4) is 23.1 Å². The number of para-hydroxylation sites is 1. The summed E-state index contributed by atoms with van der Waals surface area (Å²) in [6, 6.07) is 11.1. The van der Waals surface area contributed by atoms with Crippen molar-refractivity contribution in [1.82, 2.24) is 9.78 Å². The van der Waals surface area contributed by atoms with Gasteiger partial charge in [0.1, 0.15) is 5.75 Å². The Morgan fingerprint density at radius 2 is 2.09 bits per heavy atom. The van der Waals surface area contributed by atoms with E-state index in [0.717, 1.165) is 5.56 Å². The Balaban J connectivity index is 2.58. The van der Waals surface area contributed by atoms with Crippen LogP contribution in [0.4, 0.5) is 0 Å². The summed E-state index contributed by atoms with van der Waals surface area (Å²) in [7, 11) is 3.14. The van der Waals surface area contributed by atoms with Gasteiger partial charge in [-0.25, -0.2) is 4.68 Å². The molecule has 0 radical (unpaired) electrons. The summed E-state index contributed by atoms with van der Waals surface area (Å²) in [4.78, 5) is 12.3. The molecule has 6 heteroatoms. The largest absolute Gasteiger partial charge is 0.496 e. The van der Waals surface area contributed by atoms with Gasteiger partial charge in [0.05, 0.1) is 38.4 Å². The monoisotopic (exact) mass is 299 g/mol. The lowest BCUT2D eigenvalue weighted by Crippen LogP contribution is -2.28. The molecule has 0 spiro atoms. The Hall–Kier alpha value is -2.65. The lowest BCUT2D eigenvalue weighted by atomic mass is 10.1. The second-order valence-corrected chi connectivity index (χ2v) is 4.61. The average molecular weight is 299 g/mol. The Morgan fingerprint density at radius 3 is 2.77 bits per heavy atom. The number of hydrogen-bond acceptors (Lipinski definition) is 5. The van der Waals surface area contributed by atoms with E-state index in [4.69, 9.17) is 14.7 Å². The maximum Gasteiger partial charge on any atom is 0.271 e. The highest BCUT2D eigenvalue weighted by atomic mass is 16.5. The highest BCUT2D eigenvalue weighted by molar-refractivity contribution is 5.67. The molecule has 0 bridgehead atoms. The lowest BCUT2D eigenvalue weighted by Gasteiger charge is -2.11. The van der Waals surface area contributed by atoms with Crippen molar-refractivity contribution < 1.29 is 9.47 Å².